The summed E-state index contributed by atoms with van der Waals surface area (Å²) in [6, 6.07) is 33.1. The standard InChI is InChI=1S/C31H30N2O3S/c34-30-23-37-31(35)33(30)22-26-16-17-29(28-15-8-7-14-27(26)28)36-19-9-18-32(20-24-10-3-1-4-11-24)21-25-12-5-2-6-13-25/h1-8,10-17H,9,18-23H2. The predicted octanol–water partition coefficient (Wildman–Crippen LogP) is 6.51. The Morgan fingerprint density at radius 1 is 0.757 bits per heavy atom. The Hall–Kier alpha value is -3.61. The molecule has 1 saturated heterocycles. The number of hydrogen-bond donors (Lipinski definition) is 0. The fourth-order valence-electron chi connectivity index (χ4n) is 4.67. The lowest BCUT2D eigenvalue weighted by atomic mass is 10.0. The highest BCUT2D eigenvalue weighted by atomic mass is 32.2. The number of ether oxygens (including phenoxy) is 1. The monoisotopic (exact) mass is 510 g/mol. The van der Waals surface area contributed by atoms with Gasteiger partial charge in [-0.1, -0.05) is 103 Å². The van der Waals surface area contributed by atoms with Gasteiger partial charge in [-0.15, -0.1) is 0 Å². The van der Waals surface area contributed by atoms with E-state index >= 15 is 0 Å². The molecule has 2 amide bonds. The number of carbonyl (C=O) groups excluding carboxylic acids is 2. The van der Waals surface area contributed by atoms with Crippen LogP contribution in [0.2, 0.25) is 0 Å². The maximum atomic E-state index is 12.1. The molecule has 6 heteroatoms. The van der Waals surface area contributed by atoms with Gasteiger partial charge in [0.2, 0.25) is 5.91 Å². The number of thioether (sulfide) groups is 1. The van der Waals surface area contributed by atoms with Crippen molar-refractivity contribution in [3.63, 3.8) is 0 Å². The first kappa shape index (κ1) is 25.1. The topological polar surface area (TPSA) is 49.9 Å². The van der Waals surface area contributed by atoms with Crippen LogP contribution in [0.5, 0.6) is 5.75 Å². The van der Waals surface area contributed by atoms with Crippen LogP contribution in [0, 0.1) is 0 Å². The van der Waals surface area contributed by atoms with E-state index in [0.717, 1.165) is 59.9 Å². The van der Waals surface area contributed by atoms with Crippen molar-refractivity contribution < 1.29 is 14.3 Å². The molecule has 5 rings (SSSR count). The van der Waals surface area contributed by atoms with Gasteiger partial charge in [0, 0.05) is 25.0 Å². The third kappa shape index (κ3) is 6.40. The van der Waals surface area contributed by atoms with Crippen molar-refractivity contribution >= 4 is 33.7 Å². The highest BCUT2D eigenvalue weighted by Crippen LogP contribution is 2.31. The lowest BCUT2D eigenvalue weighted by Crippen LogP contribution is -2.28. The Balaban J connectivity index is 1.24. The molecule has 1 aliphatic rings. The van der Waals surface area contributed by atoms with Crippen LogP contribution in [-0.4, -0.2) is 39.9 Å². The molecule has 4 aromatic carbocycles. The van der Waals surface area contributed by atoms with E-state index in [1.165, 1.54) is 16.0 Å². The van der Waals surface area contributed by atoms with Crippen molar-refractivity contribution in [1.82, 2.24) is 9.80 Å². The molecule has 0 bridgehead atoms. The molecule has 1 fully saturated rings. The van der Waals surface area contributed by atoms with Gasteiger partial charge in [0.05, 0.1) is 18.9 Å². The van der Waals surface area contributed by atoms with Crippen LogP contribution >= 0.6 is 11.8 Å². The minimum Gasteiger partial charge on any atom is -0.493 e. The van der Waals surface area contributed by atoms with Crippen LogP contribution in [0.15, 0.2) is 97.1 Å². The average molecular weight is 511 g/mol. The minimum atomic E-state index is -0.176. The van der Waals surface area contributed by atoms with E-state index in [1.54, 1.807) is 0 Å². The number of benzene rings is 4. The first-order valence-corrected chi connectivity index (χ1v) is 13.6. The van der Waals surface area contributed by atoms with Crippen molar-refractivity contribution in [1.29, 1.82) is 0 Å². The van der Waals surface area contributed by atoms with Gasteiger partial charge in [0.1, 0.15) is 5.75 Å². The summed E-state index contributed by atoms with van der Waals surface area (Å²) in [6.07, 6.45) is 0.893. The van der Waals surface area contributed by atoms with Gasteiger partial charge in [-0.25, -0.2) is 0 Å². The molecule has 0 atom stereocenters. The van der Waals surface area contributed by atoms with Crippen LogP contribution in [0.25, 0.3) is 10.8 Å². The summed E-state index contributed by atoms with van der Waals surface area (Å²) in [4.78, 5) is 28.0. The molecule has 0 N–H and O–H groups in total. The Kier molecular flexibility index (Phi) is 8.18. The van der Waals surface area contributed by atoms with Crippen LogP contribution in [0.3, 0.4) is 0 Å². The first-order chi connectivity index (χ1) is 18.2. The lowest BCUT2D eigenvalue weighted by molar-refractivity contribution is -0.125. The zero-order valence-electron chi connectivity index (χ0n) is 20.7. The van der Waals surface area contributed by atoms with Gasteiger partial charge in [0.25, 0.3) is 5.24 Å². The van der Waals surface area contributed by atoms with Crippen LogP contribution < -0.4 is 4.74 Å². The van der Waals surface area contributed by atoms with Crippen LogP contribution in [0.4, 0.5) is 4.79 Å². The number of fused-ring (bicyclic) bond motifs is 1. The maximum Gasteiger partial charge on any atom is 0.289 e. The molecule has 0 saturated carbocycles. The van der Waals surface area contributed by atoms with E-state index in [-0.39, 0.29) is 16.9 Å². The largest absolute Gasteiger partial charge is 0.493 e. The van der Waals surface area contributed by atoms with E-state index in [0.29, 0.717) is 13.2 Å². The molecule has 0 unspecified atom stereocenters. The molecule has 0 spiro atoms. The molecule has 188 valence electrons. The van der Waals surface area contributed by atoms with Crippen molar-refractivity contribution in [2.45, 2.75) is 26.1 Å². The van der Waals surface area contributed by atoms with E-state index < -0.39 is 0 Å². The SMILES string of the molecule is O=C1CSC(=O)N1Cc1ccc(OCCCN(Cc2ccccc2)Cc2ccccc2)c2ccccc12. The second-order valence-corrected chi connectivity index (χ2v) is 10.1. The fraction of sp³-hybridized carbons (Fsp3) is 0.226. The highest BCUT2D eigenvalue weighted by molar-refractivity contribution is 8.14. The summed E-state index contributed by atoms with van der Waals surface area (Å²) in [6.45, 7) is 3.58. The van der Waals surface area contributed by atoms with Crippen molar-refractivity contribution in [3.8, 4) is 5.75 Å². The molecule has 1 aliphatic heterocycles. The zero-order valence-corrected chi connectivity index (χ0v) is 21.5. The van der Waals surface area contributed by atoms with E-state index in [9.17, 15) is 9.59 Å². The van der Waals surface area contributed by atoms with E-state index in [4.69, 9.17) is 4.74 Å². The van der Waals surface area contributed by atoms with Gasteiger partial charge in [-0.05, 0) is 34.6 Å². The second-order valence-electron chi connectivity index (χ2n) is 9.19. The molecule has 0 radical (unpaired) electrons. The second kappa shape index (κ2) is 12.1. The van der Waals surface area contributed by atoms with Gasteiger partial charge < -0.3 is 4.74 Å². The number of rotatable bonds is 11. The van der Waals surface area contributed by atoms with Crippen molar-refractivity contribution in [2.75, 3.05) is 18.9 Å². The maximum absolute atomic E-state index is 12.1. The Bertz CT molecular complexity index is 1300. The minimum absolute atomic E-state index is 0.130. The van der Waals surface area contributed by atoms with Crippen molar-refractivity contribution in [3.05, 3.63) is 114 Å². The summed E-state index contributed by atoms with van der Waals surface area (Å²) < 4.78 is 6.26. The van der Waals surface area contributed by atoms with E-state index in [2.05, 4.69) is 53.4 Å². The summed E-state index contributed by atoms with van der Waals surface area (Å²) in [5, 5.41) is 1.83. The number of imide groups is 1. The molecule has 37 heavy (non-hydrogen) atoms. The average Bonchev–Trinajstić information content (AvgIpc) is 3.25. The van der Waals surface area contributed by atoms with Gasteiger partial charge in [-0.2, -0.15) is 0 Å². The van der Waals surface area contributed by atoms with Crippen molar-refractivity contribution in [2.24, 2.45) is 0 Å². The number of carbonyl (C=O) groups is 2. The molecule has 1 heterocycles. The Morgan fingerprint density at radius 2 is 1.38 bits per heavy atom. The zero-order chi connectivity index (χ0) is 25.5. The van der Waals surface area contributed by atoms with Gasteiger partial charge in [0.15, 0.2) is 0 Å². The number of amides is 2. The predicted molar refractivity (Wildman–Crippen MR) is 149 cm³/mol. The molecule has 4 aromatic rings. The third-order valence-electron chi connectivity index (χ3n) is 6.52. The summed E-state index contributed by atoms with van der Waals surface area (Å²) in [5.74, 6) is 0.921. The van der Waals surface area contributed by atoms with Gasteiger partial charge >= 0.3 is 0 Å². The summed E-state index contributed by atoms with van der Waals surface area (Å²) in [5.41, 5.74) is 3.55. The molecule has 0 aliphatic carbocycles. The Morgan fingerprint density at radius 3 is 2.00 bits per heavy atom. The smallest absolute Gasteiger partial charge is 0.289 e. The molecular formula is C31H30N2O3S. The third-order valence-corrected chi connectivity index (χ3v) is 7.38. The summed E-state index contributed by atoms with van der Waals surface area (Å²) >= 11 is 1.07. The highest BCUT2D eigenvalue weighted by Gasteiger charge is 2.30. The normalized spacial score (nSPS) is 13.6. The first-order valence-electron chi connectivity index (χ1n) is 12.6. The number of hydrogen-bond acceptors (Lipinski definition) is 5. The quantitative estimate of drug-likeness (QED) is 0.215. The molecule has 5 nitrogen and oxygen atoms in total. The summed E-state index contributed by atoms with van der Waals surface area (Å²) in [7, 11) is 0. The molecular weight excluding hydrogens is 480 g/mol. The van der Waals surface area contributed by atoms with Gasteiger partial charge in [-0.3, -0.25) is 19.4 Å². The van der Waals surface area contributed by atoms with Crippen LogP contribution in [-0.2, 0) is 24.4 Å². The lowest BCUT2D eigenvalue weighted by Gasteiger charge is -2.23. The number of nitrogens with zero attached hydrogens (tertiary/aromatic N) is 2. The Labute approximate surface area is 222 Å². The molecule has 0 aromatic heterocycles. The van der Waals surface area contributed by atoms with Crippen LogP contribution in [0.1, 0.15) is 23.1 Å². The van der Waals surface area contributed by atoms with E-state index in [1.807, 2.05) is 48.5 Å². The fourth-order valence-corrected chi connectivity index (χ4v) is 5.39.